The molecule has 4 heterocycles. The first kappa shape index (κ1) is 34.6. The number of benzene rings is 8. The molecular weight excluding hydrogens is 767 g/mol. The molecule has 282 valence electrons. The second-order valence-corrected chi connectivity index (χ2v) is 16.1. The molecule has 4 aromatic heterocycles. The van der Waals surface area contributed by atoms with Crippen LogP contribution in [0.3, 0.4) is 0 Å². The molecule has 0 aliphatic rings. The fourth-order valence-corrected chi connectivity index (χ4v) is 10.2. The highest BCUT2D eigenvalue weighted by Crippen LogP contribution is 2.46. The van der Waals surface area contributed by atoms with Gasteiger partial charge in [0.1, 0.15) is 0 Å². The van der Waals surface area contributed by atoms with Crippen molar-refractivity contribution >= 4 is 75.1 Å². The van der Waals surface area contributed by atoms with Gasteiger partial charge in [0.2, 0.25) is 0 Å². The van der Waals surface area contributed by atoms with Gasteiger partial charge in [-0.2, -0.15) is 10.5 Å². The van der Waals surface area contributed by atoms with Gasteiger partial charge in [-0.15, -0.1) is 11.3 Å². The molecule has 0 unspecified atom stereocenters. The van der Waals surface area contributed by atoms with Gasteiger partial charge < -0.3 is 9.13 Å². The first-order valence-electron chi connectivity index (χ1n) is 19.9. The summed E-state index contributed by atoms with van der Waals surface area (Å²) in [5.41, 5.74) is 10.1. The molecule has 12 rings (SSSR count). The number of hydrogen-bond acceptors (Lipinski definition) is 6. The number of nitrogens with zero attached hydrogens (tertiary/aromatic N) is 7. The molecule has 0 spiro atoms. The molecule has 61 heavy (non-hydrogen) atoms. The summed E-state index contributed by atoms with van der Waals surface area (Å²) in [4.78, 5) is 15.6. The molecule has 12 aromatic rings. The van der Waals surface area contributed by atoms with E-state index in [1.807, 2.05) is 97.1 Å². The van der Waals surface area contributed by atoms with Crippen molar-refractivity contribution in [2.75, 3.05) is 0 Å². The number of thiophene rings is 1. The number of para-hydroxylation sites is 2. The highest BCUT2D eigenvalue weighted by Gasteiger charge is 2.23. The van der Waals surface area contributed by atoms with E-state index in [2.05, 4.69) is 100 Å². The molecule has 0 N–H and O–H groups in total. The molecule has 0 aliphatic carbocycles. The van der Waals surface area contributed by atoms with Gasteiger partial charge in [-0.1, -0.05) is 109 Å². The van der Waals surface area contributed by atoms with Gasteiger partial charge in [-0.25, -0.2) is 15.0 Å². The van der Waals surface area contributed by atoms with Crippen LogP contribution in [0, 0.1) is 22.7 Å². The zero-order valence-corrected chi connectivity index (χ0v) is 33.1. The van der Waals surface area contributed by atoms with Crippen LogP contribution in [0.4, 0.5) is 0 Å². The van der Waals surface area contributed by atoms with Crippen LogP contribution in [-0.2, 0) is 0 Å². The number of fused-ring (bicyclic) bond motifs is 9. The third-order valence-corrected chi connectivity index (χ3v) is 12.9. The predicted octanol–water partition coefficient (Wildman–Crippen LogP) is 13.2. The van der Waals surface area contributed by atoms with Crippen LogP contribution in [0.2, 0.25) is 0 Å². The molecule has 0 saturated heterocycles. The van der Waals surface area contributed by atoms with Crippen molar-refractivity contribution in [3.05, 3.63) is 187 Å². The van der Waals surface area contributed by atoms with E-state index in [9.17, 15) is 10.5 Å². The van der Waals surface area contributed by atoms with Gasteiger partial charge in [0, 0.05) is 59.4 Å². The molecule has 0 bridgehead atoms. The minimum absolute atomic E-state index is 0.570. The lowest BCUT2D eigenvalue weighted by Crippen LogP contribution is -2.01. The van der Waals surface area contributed by atoms with Crippen molar-refractivity contribution < 1.29 is 0 Å². The number of rotatable bonds is 5. The molecule has 0 atom stereocenters. The molecule has 8 heteroatoms. The summed E-state index contributed by atoms with van der Waals surface area (Å²) >= 11 is 1.74. The molecule has 0 fully saturated rings. The Morgan fingerprint density at radius 3 is 1.51 bits per heavy atom. The van der Waals surface area contributed by atoms with Crippen molar-refractivity contribution in [3.63, 3.8) is 0 Å². The second-order valence-electron chi connectivity index (χ2n) is 15.1. The van der Waals surface area contributed by atoms with Gasteiger partial charge in [-0.05, 0) is 66.7 Å². The Balaban J connectivity index is 1.21. The summed E-state index contributed by atoms with van der Waals surface area (Å²) in [7, 11) is 0. The maximum atomic E-state index is 9.90. The summed E-state index contributed by atoms with van der Waals surface area (Å²) in [5, 5.41) is 26.1. The van der Waals surface area contributed by atoms with Gasteiger partial charge in [-0.3, -0.25) is 0 Å². The Bertz CT molecular complexity index is 3790. The lowest BCUT2D eigenvalue weighted by Gasteiger charge is -2.13. The summed E-state index contributed by atoms with van der Waals surface area (Å²) in [5.74, 6) is 1.75. The fourth-order valence-electron chi connectivity index (χ4n) is 8.89. The van der Waals surface area contributed by atoms with Crippen LogP contribution in [-0.4, -0.2) is 24.1 Å². The molecule has 0 aliphatic heterocycles. The zero-order chi connectivity index (χ0) is 40.6. The van der Waals surface area contributed by atoms with Crippen molar-refractivity contribution in [2.45, 2.75) is 0 Å². The Hall–Kier alpha value is -8.43. The fraction of sp³-hybridized carbons (Fsp3) is 0. The third-order valence-electron chi connectivity index (χ3n) is 11.6. The van der Waals surface area contributed by atoms with Crippen molar-refractivity contribution in [1.29, 1.82) is 10.5 Å². The topological polar surface area (TPSA) is 96.1 Å². The maximum absolute atomic E-state index is 9.90. The standard InChI is InChI=1S/C53H29N7S/c54-30-32-22-24-46-40(26-32)37-16-7-9-19-44(37)59(46)36-28-42-39-18-11-21-48(60-45-20-10-8-17-38(45)41-27-33(31-55)23-25-47(41)60)50(39)61-49(42)43(29-36)53-57-51(34-12-3-1-4-13-34)56-52(58-53)35-14-5-2-6-15-35/h1-29H. The van der Waals surface area contributed by atoms with E-state index in [0.29, 0.717) is 28.6 Å². The molecular formula is C53H29N7S. The first-order chi connectivity index (χ1) is 30.1. The minimum Gasteiger partial charge on any atom is -0.309 e. The van der Waals surface area contributed by atoms with Crippen LogP contribution in [0.15, 0.2) is 176 Å². The summed E-state index contributed by atoms with van der Waals surface area (Å²) in [6.45, 7) is 0. The van der Waals surface area contributed by atoms with E-state index < -0.39 is 0 Å². The normalized spacial score (nSPS) is 11.6. The number of hydrogen-bond donors (Lipinski definition) is 0. The van der Waals surface area contributed by atoms with Gasteiger partial charge >= 0.3 is 0 Å². The number of nitriles is 2. The van der Waals surface area contributed by atoms with E-state index >= 15 is 0 Å². The van der Waals surface area contributed by atoms with E-state index in [0.717, 1.165) is 91.8 Å². The van der Waals surface area contributed by atoms with Crippen LogP contribution in [0.25, 0.3) is 109 Å². The molecule has 8 aromatic carbocycles. The second kappa shape index (κ2) is 13.6. The van der Waals surface area contributed by atoms with Gasteiger partial charge in [0.05, 0.1) is 55.7 Å². The lowest BCUT2D eigenvalue weighted by molar-refractivity contribution is 1.07. The van der Waals surface area contributed by atoms with Crippen LogP contribution >= 0.6 is 11.3 Å². The van der Waals surface area contributed by atoms with E-state index in [1.165, 1.54) is 0 Å². The highest BCUT2D eigenvalue weighted by atomic mass is 32.1. The van der Waals surface area contributed by atoms with Crippen molar-refractivity contribution in [2.24, 2.45) is 0 Å². The average Bonchev–Trinajstić information content (AvgIpc) is 3.99. The average molecular weight is 796 g/mol. The Labute approximate surface area is 352 Å². The van der Waals surface area contributed by atoms with Gasteiger partial charge in [0.25, 0.3) is 0 Å². The van der Waals surface area contributed by atoms with E-state index in [4.69, 9.17) is 15.0 Å². The Morgan fingerprint density at radius 1 is 0.393 bits per heavy atom. The molecule has 7 nitrogen and oxygen atoms in total. The quantitative estimate of drug-likeness (QED) is 0.173. The Morgan fingerprint density at radius 2 is 0.902 bits per heavy atom. The lowest BCUT2D eigenvalue weighted by atomic mass is 10.1. The zero-order valence-electron chi connectivity index (χ0n) is 32.3. The predicted molar refractivity (Wildman–Crippen MR) is 247 cm³/mol. The molecule has 0 amide bonds. The monoisotopic (exact) mass is 795 g/mol. The van der Waals surface area contributed by atoms with Crippen molar-refractivity contribution in [1.82, 2.24) is 24.1 Å². The van der Waals surface area contributed by atoms with Crippen LogP contribution in [0.1, 0.15) is 11.1 Å². The van der Waals surface area contributed by atoms with Crippen LogP contribution < -0.4 is 0 Å². The summed E-state index contributed by atoms with van der Waals surface area (Å²) in [6, 6.07) is 64.5. The van der Waals surface area contributed by atoms with E-state index in [-0.39, 0.29) is 0 Å². The molecule has 0 saturated carbocycles. The van der Waals surface area contributed by atoms with Crippen LogP contribution in [0.5, 0.6) is 0 Å². The number of aromatic nitrogens is 5. The van der Waals surface area contributed by atoms with E-state index in [1.54, 1.807) is 11.3 Å². The smallest absolute Gasteiger partial charge is 0.165 e. The largest absolute Gasteiger partial charge is 0.309 e. The Kier molecular flexibility index (Phi) is 7.70. The summed E-state index contributed by atoms with van der Waals surface area (Å²) < 4.78 is 6.78. The minimum atomic E-state index is 0.570. The third kappa shape index (κ3) is 5.37. The highest BCUT2D eigenvalue weighted by molar-refractivity contribution is 7.26. The summed E-state index contributed by atoms with van der Waals surface area (Å²) in [6.07, 6.45) is 0. The SMILES string of the molecule is N#Cc1ccc2c(c1)c1ccccc1n2-c1cc(-c2nc(-c3ccccc3)nc(-c3ccccc3)n2)c2sc3c(-n4c5ccccc5c5cc(C#N)ccc54)cccc3c2c1. The first-order valence-corrected chi connectivity index (χ1v) is 20.7. The maximum Gasteiger partial charge on any atom is 0.165 e. The molecule has 0 radical (unpaired) electrons. The van der Waals surface area contributed by atoms with Gasteiger partial charge in [0.15, 0.2) is 17.5 Å². The van der Waals surface area contributed by atoms with Crippen molar-refractivity contribution in [3.8, 4) is 57.7 Å².